The number of aromatic nitrogens is 4. The smallest absolute Gasteiger partial charge is 0.317 e. The number of halogens is 3. The van der Waals surface area contributed by atoms with Crippen LogP contribution in [-0.2, 0) is 11.3 Å². The molecular weight excluding hydrogens is 406 g/mol. The second kappa shape index (κ2) is 8.18. The highest BCUT2D eigenvalue weighted by molar-refractivity contribution is 6.32. The van der Waals surface area contributed by atoms with Crippen molar-refractivity contribution in [1.29, 1.82) is 0 Å². The zero-order chi connectivity index (χ0) is 20.6. The van der Waals surface area contributed by atoms with Crippen molar-refractivity contribution in [3.8, 4) is 6.01 Å². The number of nitrogens with zero attached hydrogens (tertiary/aromatic N) is 4. The molecule has 0 N–H and O–H groups in total. The zero-order valence-corrected chi connectivity index (χ0v) is 17.1. The number of hydrogen-bond donors (Lipinski definition) is 0. The van der Waals surface area contributed by atoms with Crippen molar-refractivity contribution >= 4 is 17.1 Å². The van der Waals surface area contributed by atoms with E-state index in [1.807, 2.05) is 6.92 Å². The van der Waals surface area contributed by atoms with Gasteiger partial charge in [0, 0.05) is 38.5 Å². The zero-order valence-electron chi connectivity index (χ0n) is 16.4. The quantitative estimate of drug-likeness (QED) is 0.724. The van der Waals surface area contributed by atoms with Crippen molar-refractivity contribution in [1.82, 2.24) is 19.2 Å². The first-order valence-corrected chi connectivity index (χ1v) is 10.5. The summed E-state index contributed by atoms with van der Waals surface area (Å²) < 4.78 is 40.9. The van der Waals surface area contributed by atoms with Gasteiger partial charge in [-0.1, -0.05) is 11.6 Å². The van der Waals surface area contributed by atoms with Crippen LogP contribution in [0.1, 0.15) is 57.2 Å². The summed E-state index contributed by atoms with van der Waals surface area (Å²) in [6.07, 6.45) is 2.10. The van der Waals surface area contributed by atoms with Crippen molar-refractivity contribution in [2.75, 3.05) is 19.8 Å². The van der Waals surface area contributed by atoms with Crippen LogP contribution in [0.25, 0.3) is 5.52 Å². The van der Waals surface area contributed by atoms with Gasteiger partial charge >= 0.3 is 6.01 Å². The maximum Gasteiger partial charge on any atom is 0.317 e. The fourth-order valence-electron chi connectivity index (χ4n) is 4.10. The lowest BCUT2D eigenvalue weighted by atomic mass is 9.87. The molecule has 7 nitrogen and oxygen atoms in total. The van der Waals surface area contributed by atoms with Crippen molar-refractivity contribution in [3.63, 3.8) is 0 Å². The van der Waals surface area contributed by atoms with E-state index in [1.165, 1.54) is 9.08 Å². The Kier molecular flexibility index (Phi) is 5.79. The Morgan fingerprint density at radius 3 is 2.59 bits per heavy atom. The van der Waals surface area contributed by atoms with Crippen LogP contribution in [0, 0.1) is 5.92 Å². The highest BCUT2D eigenvalue weighted by atomic mass is 35.5. The highest BCUT2D eigenvalue weighted by Gasteiger charge is 2.35. The van der Waals surface area contributed by atoms with Gasteiger partial charge in [0.2, 0.25) is 5.92 Å². The van der Waals surface area contributed by atoms with Crippen molar-refractivity contribution in [3.05, 3.63) is 21.3 Å². The molecule has 0 atom stereocenters. The molecule has 29 heavy (non-hydrogen) atoms. The lowest BCUT2D eigenvalue weighted by Gasteiger charge is -2.28. The Morgan fingerprint density at radius 1 is 1.24 bits per heavy atom. The lowest BCUT2D eigenvalue weighted by Crippen LogP contribution is -2.30. The van der Waals surface area contributed by atoms with Crippen LogP contribution in [0.5, 0.6) is 6.01 Å². The summed E-state index contributed by atoms with van der Waals surface area (Å²) >= 11 is 6.28. The number of fused-ring (bicyclic) bond motifs is 1. The van der Waals surface area contributed by atoms with Gasteiger partial charge in [-0.2, -0.15) is 0 Å². The third-order valence-corrected chi connectivity index (χ3v) is 6.15. The van der Waals surface area contributed by atoms with Gasteiger partial charge in [0.05, 0.1) is 6.61 Å². The topological polar surface area (TPSA) is 70.7 Å². The van der Waals surface area contributed by atoms with E-state index >= 15 is 0 Å². The third-order valence-electron chi connectivity index (χ3n) is 5.89. The Hall–Kier alpha value is -1.74. The van der Waals surface area contributed by atoms with Crippen LogP contribution < -0.4 is 10.3 Å². The Labute approximate surface area is 172 Å². The molecule has 0 bridgehead atoms. The highest BCUT2D eigenvalue weighted by Crippen LogP contribution is 2.36. The van der Waals surface area contributed by atoms with Gasteiger partial charge in [-0.15, -0.1) is 5.10 Å². The first-order chi connectivity index (χ1) is 13.9. The molecule has 2 fully saturated rings. The molecule has 4 rings (SSSR count). The number of rotatable bonds is 5. The number of ether oxygens (including phenoxy) is 2. The van der Waals surface area contributed by atoms with Gasteiger partial charge in [0.25, 0.3) is 5.56 Å². The van der Waals surface area contributed by atoms with Crippen LogP contribution in [-0.4, -0.2) is 44.9 Å². The summed E-state index contributed by atoms with van der Waals surface area (Å²) in [7, 11) is 0. The average molecular weight is 431 g/mol. The molecule has 1 aliphatic carbocycles. The molecule has 3 heterocycles. The number of imidazole rings is 1. The van der Waals surface area contributed by atoms with Crippen molar-refractivity contribution in [2.24, 2.45) is 5.92 Å². The summed E-state index contributed by atoms with van der Waals surface area (Å²) in [4.78, 5) is 17.4. The fourth-order valence-corrected chi connectivity index (χ4v) is 4.35. The molecule has 2 aliphatic rings. The second-order valence-electron chi connectivity index (χ2n) is 7.85. The summed E-state index contributed by atoms with van der Waals surface area (Å²) in [6, 6.07) is 0.171. The Morgan fingerprint density at radius 2 is 1.93 bits per heavy atom. The van der Waals surface area contributed by atoms with E-state index in [0.717, 1.165) is 12.8 Å². The standard InChI is InChI=1S/C19H25ClF2N4O3/c1-2-25-17(27)14-15(20)23-16(13-5-9-28-10-6-13)26(14)24-18(25)29-11-12-3-7-19(21,22)8-4-12/h12-13H,2-11H2,1H3. The van der Waals surface area contributed by atoms with E-state index in [0.29, 0.717) is 38.4 Å². The Bertz CT molecular complexity index is 930. The molecule has 0 unspecified atom stereocenters. The normalized spacial score (nSPS) is 21.0. The van der Waals surface area contributed by atoms with E-state index in [2.05, 4.69) is 10.1 Å². The summed E-state index contributed by atoms with van der Waals surface area (Å²) in [6.45, 7) is 3.67. The fraction of sp³-hybridized carbons (Fsp3) is 0.737. The minimum Gasteiger partial charge on any atom is -0.463 e. The predicted molar refractivity (Wildman–Crippen MR) is 103 cm³/mol. The molecule has 0 radical (unpaired) electrons. The molecule has 0 aromatic carbocycles. The molecule has 0 spiro atoms. The van der Waals surface area contributed by atoms with Crippen molar-refractivity contribution < 1.29 is 18.3 Å². The maximum absolute atomic E-state index is 13.4. The summed E-state index contributed by atoms with van der Waals surface area (Å²) in [5.41, 5.74) is -0.0804. The van der Waals surface area contributed by atoms with E-state index in [4.69, 9.17) is 21.1 Å². The molecule has 160 valence electrons. The Balaban J connectivity index is 1.63. The molecule has 2 aromatic rings. The molecule has 1 aliphatic heterocycles. The van der Waals surface area contributed by atoms with Gasteiger partial charge in [-0.25, -0.2) is 18.3 Å². The van der Waals surface area contributed by atoms with Gasteiger partial charge in [-0.3, -0.25) is 9.36 Å². The molecule has 10 heteroatoms. The number of alkyl halides is 2. The first kappa shape index (κ1) is 20.5. The molecule has 0 amide bonds. The summed E-state index contributed by atoms with van der Waals surface area (Å²) in [5, 5.41) is 4.67. The monoisotopic (exact) mass is 430 g/mol. The van der Waals surface area contributed by atoms with Crippen LogP contribution >= 0.6 is 11.6 Å². The predicted octanol–water partition coefficient (Wildman–Crippen LogP) is 3.66. The van der Waals surface area contributed by atoms with E-state index in [1.54, 1.807) is 0 Å². The lowest BCUT2D eigenvalue weighted by molar-refractivity contribution is -0.0503. The van der Waals surface area contributed by atoms with E-state index < -0.39 is 5.92 Å². The third kappa shape index (κ3) is 4.12. The second-order valence-corrected chi connectivity index (χ2v) is 8.21. The number of hydrogen-bond acceptors (Lipinski definition) is 5. The first-order valence-electron chi connectivity index (χ1n) is 10.2. The molecule has 2 aromatic heterocycles. The minimum atomic E-state index is -2.58. The molecule has 1 saturated heterocycles. The van der Waals surface area contributed by atoms with Crippen LogP contribution in [0.2, 0.25) is 5.15 Å². The maximum atomic E-state index is 13.4. The largest absolute Gasteiger partial charge is 0.463 e. The van der Waals surface area contributed by atoms with Gasteiger partial charge in [-0.05, 0) is 38.5 Å². The van der Waals surface area contributed by atoms with Crippen LogP contribution in [0.3, 0.4) is 0 Å². The summed E-state index contributed by atoms with van der Waals surface area (Å²) in [5.74, 6) is -1.82. The van der Waals surface area contributed by atoms with Gasteiger partial charge in [0.1, 0.15) is 5.82 Å². The van der Waals surface area contributed by atoms with E-state index in [-0.39, 0.29) is 53.5 Å². The average Bonchev–Trinajstić information content (AvgIpc) is 3.04. The van der Waals surface area contributed by atoms with Crippen LogP contribution in [0.15, 0.2) is 4.79 Å². The molecule has 1 saturated carbocycles. The molecular formula is C19H25ClF2N4O3. The van der Waals surface area contributed by atoms with Gasteiger partial charge in [0.15, 0.2) is 10.7 Å². The van der Waals surface area contributed by atoms with Gasteiger partial charge < -0.3 is 9.47 Å². The van der Waals surface area contributed by atoms with Crippen LogP contribution in [0.4, 0.5) is 8.78 Å². The minimum absolute atomic E-state index is 0.0221. The van der Waals surface area contributed by atoms with E-state index in [9.17, 15) is 13.6 Å². The van der Waals surface area contributed by atoms with Crippen molar-refractivity contribution in [2.45, 2.75) is 63.8 Å². The SMILES string of the molecule is CCn1c(OCC2CCC(F)(F)CC2)nn2c(C3CCOCC3)nc(Cl)c2c1=O.